The Morgan fingerprint density at radius 1 is 0.390 bits per heavy atom. The lowest BCUT2D eigenvalue weighted by Crippen LogP contribution is -2.61. The molecule has 77 heavy (non-hydrogen) atoms. The zero-order chi connectivity index (χ0) is 52.8. The van der Waals surface area contributed by atoms with Gasteiger partial charge in [0.05, 0.1) is 22.4 Å². The second-order valence-corrected chi connectivity index (χ2v) is 24.0. The van der Waals surface area contributed by atoms with Crippen molar-refractivity contribution in [3.05, 3.63) is 228 Å². The molecule has 2 aliphatic rings. The van der Waals surface area contributed by atoms with Gasteiger partial charge in [-0.1, -0.05) is 163 Å². The van der Waals surface area contributed by atoms with Crippen molar-refractivity contribution in [2.75, 3.05) is 9.80 Å². The molecule has 14 rings (SSSR count). The van der Waals surface area contributed by atoms with Gasteiger partial charge in [-0.25, -0.2) is 0 Å². The highest BCUT2D eigenvalue weighted by Gasteiger charge is 2.46. The van der Waals surface area contributed by atoms with E-state index >= 15 is 0 Å². The number of fused-ring (bicyclic) bond motifs is 10. The van der Waals surface area contributed by atoms with Gasteiger partial charge in [0.15, 0.2) is 0 Å². The minimum Gasteiger partial charge on any atom is -0.455 e. The summed E-state index contributed by atoms with van der Waals surface area (Å²) in [4.78, 5) is 5.31. The summed E-state index contributed by atoms with van der Waals surface area (Å²) in [7, 11) is 0. The van der Waals surface area contributed by atoms with E-state index in [-0.39, 0.29) is 17.5 Å². The number of hydrogen-bond acceptors (Lipinski definition) is 3. The largest absolute Gasteiger partial charge is 0.455 e. The Bertz CT molecular complexity index is 4370. The lowest BCUT2D eigenvalue weighted by molar-refractivity contribution is 0.590. The zero-order valence-electron chi connectivity index (χ0n) is 45.8. The van der Waals surface area contributed by atoms with Gasteiger partial charge in [0.2, 0.25) is 0 Å². The Labute approximate surface area is 452 Å². The van der Waals surface area contributed by atoms with E-state index < -0.39 is 0 Å². The quantitative estimate of drug-likeness (QED) is 0.161. The predicted octanol–water partition coefficient (Wildman–Crippen LogP) is 17.9. The molecule has 0 amide bonds. The molecule has 0 bridgehead atoms. The third-order valence-electron chi connectivity index (χ3n) is 16.9. The molecule has 0 unspecified atom stereocenters. The number of rotatable bonds is 5. The summed E-state index contributed by atoms with van der Waals surface area (Å²) in [6.45, 7) is 23.3. The molecule has 0 N–H and O–H groups in total. The van der Waals surface area contributed by atoms with Crippen LogP contribution >= 0.6 is 0 Å². The summed E-state index contributed by atoms with van der Waals surface area (Å²) in [5, 5.41) is 4.79. The summed E-state index contributed by atoms with van der Waals surface area (Å²) in [5.74, 6) is 0. The average molecular weight is 996 g/mol. The van der Waals surface area contributed by atoms with E-state index in [1.54, 1.807) is 0 Å². The highest BCUT2D eigenvalue weighted by Crippen LogP contribution is 2.51. The number of aryl methyl sites for hydroxylation is 4. The van der Waals surface area contributed by atoms with Crippen LogP contribution in [-0.2, 0) is 10.8 Å². The minimum atomic E-state index is -0.181. The monoisotopic (exact) mass is 995 g/mol. The van der Waals surface area contributed by atoms with Crippen LogP contribution in [-0.4, -0.2) is 11.3 Å². The molecule has 374 valence electrons. The lowest BCUT2D eigenvalue weighted by atomic mass is 9.33. The maximum atomic E-state index is 6.66. The van der Waals surface area contributed by atoms with Crippen molar-refractivity contribution in [3.63, 3.8) is 0 Å². The van der Waals surface area contributed by atoms with E-state index in [0.29, 0.717) is 0 Å². The molecule has 12 aromatic rings. The van der Waals surface area contributed by atoms with E-state index in [0.717, 1.165) is 38.8 Å². The van der Waals surface area contributed by atoms with Gasteiger partial charge in [0.25, 0.3) is 6.71 Å². The summed E-state index contributed by atoms with van der Waals surface area (Å²) in [5.41, 5.74) is 28.6. The van der Waals surface area contributed by atoms with Gasteiger partial charge in [0.1, 0.15) is 11.2 Å². The van der Waals surface area contributed by atoms with Crippen molar-refractivity contribution >= 4 is 101 Å². The second kappa shape index (κ2) is 17.0. The van der Waals surface area contributed by atoms with E-state index in [4.69, 9.17) is 4.42 Å². The Hall–Kier alpha value is -8.54. The van der Waals surface area contributed by atoms with E-state index in [1.165, 1.54) is 117 Å². The van der Waals surface area contributed by atoms with Crippen molar-refractivity contribution in [3.8, 4) is 27.9 Å². The van der Waals surface area contributed by atoms with Crippen molar-refractivity contribution in [1.82, 2.24) is 4.57 Å². The van der Waals surface area contributed by atoms with Crippen LogP contribution in [0.2, 0.25) is 0 Å². The van der Waals surface area contributed by atoms with E-state index in [1.807, 2.05) is 0 Å². The molecular weight excluding hydrogens is 934 g/mol. The van der Waals surface area contributed by atoms with E-state index in [9.17, 15) is 0 Å². The van der Waals surface area contributed by atoms with Crippen molar-refractivity contribution < 1.29 is 4.42 Å². The Kier molecular flexibility index (Phi) is 10.4. The van der Waals surface area contributed by atoms with Crippen molar-refractivity contribution in [1.29, 1.82) is 0 Å². The maximum absolute atomic E-state index is 6.66. The standard InChI is InChI=1S/C72H62BN3O/c1-43-34-48(47-22-13-11-14-23-47)35-44(2)69(43)76-63-42-62-57(54-26-17-19-30-60(54)74(62)52-24-15-12-16-25-52)41-59(63)73-58-38-50(71(5,6)7)32-33-61(58)75(64-39-51(72(8,9)10)40-65(76)67(64)73)68-45(3)36-49(37-46(68)4)53-28-21-29-56-55-27-18-20-31-66(55)77-70(53)56/h11-42H,1-10H3. The molecule has 0 spiro atoms. The van der Waals surface area contributed by atoms with Crippen LogP contribution in [0, 0.1) is 27.7 Å². The van der Waals surface area contributed by atoms with Gasteiger partial charge in [-0.05, 0) is 178 Å². The molecule has 2 aliphatic heterocycles. The summed E-state index contributed by atoms with van der Waals surface area (Å²) in [6, 6.07) is 72.8. The Morgan fingerprint density at radius 2 is 0.948 bits per heavy atom. The van der Waals surface area contributed by atoms with Gasteiger partial charge >= 0.3 is 0 Å². The molecule has 0 radical (unpaired) electrons. The number of benzene rings is 10. The molecule has 4 nitrogen and oxygen atoms in total. The number of furan rings is 1. The number of nitrogens with zero attached hydrogens (tertiary/aromatic N) is 3. The summed E-state index contributed by atoms with van der Waals surface area (Å²) in [6.07, 6.45) is 0. The van der Waals surface area contributed by atoms with Gasteiger partial charge in [0, 0.05) is 55.5 Å². The molecule has 4 heterocycles. The average Bonchev–Trinajstić information content (AvgIpc) is 4.05. The number of hydrogen-bond donors (Lipinski definition) is 0. The van der Waals surface area contributed by atoms with Crippen LogP contribution in [0.5, 0.6) is 0 Å². The number of aromatic nitrogens is 1. The molecule has 5 heteroatoms. The van der Waals surface area contributed by atoms with Crippen LogP contribution in [0.4, 0.5) is 34.1 Å². The molecule has 0 saturated heterocycles. The smallest absolute Gasteiger partial charge is 0.252 e. The first kappa shape index (κ1) is 47.0. The van der Waals surface area contributed by atoms with Gasteiger partial charge < -0.3 is 18.8 Å². The second-order valence-electron chi connectivity index (χ2n) is 24.0. The topological polar surface area (TPSA) is 24.6 Å². The maximum Gasteiger partial charge on any atom is 0.252 e. The number of para-hydroxylation sites is 4. The molecular formula is C72H62BN3O. The minimum absolute atomic E-state index is 0.0770. The predicted molar refractivity (Wildman–Crippen MR) is 329 cm³/mol. The molecule has 0 atom stereocenters. The van der Waals surface area contributed by atoms with Crippen LogP contribution in [0.1, 0.15) is 74.9 Å². The summed E-state index contributed by atoms with van der Waals surface area (Å²) >= 11 is 0. The third kappa shape index (κ3) is 7.19. The SMILES string of the molecule is Cc1cc(-c2cccc3c2oc2ccccc23)cc(C)c1N1c2ccc(C(C)(C)C)cc2B2c3cc4c5ccccc5n(-c5ccccc5)c4cc3N(c3c(C)cc(-c4ccccc4)cc3C)c3cc(C(C)(C)C)cc1c32. The molecule has 0 fully saturated rings. The first-order chi connectivity index (χ1) is 37.1. The fourth-order valence-electron chi connectivity index (χ4n) is 13.2. The summed E-state index contributed by atoms with van der Waals surface area (Å²) < 4.78 is 9.14. The number of anilines is 6. The first-order valence-corrected chi connectivity index (χ1v) is 27.4. The van der Waals surface area contributed by atoms with Crippen LogP contribution in [0.15, 0.2) is 199 Å². The normalized spacial score (nSPS) is 13.2. The highest BCUT2D eigenvalue weighted by molar-refractivity contribution is 7.00. The fourth-order valence-corrected chi connectivity index (χ4v) is 13.2. The van der Waals surface area contributed by atoms with Gasteiger partial charge in [-0.2, -0.15) is 0 Å². The molecule has 10 aromatic carbocycles. The molecule has 2 aromatic heterocycles. The van der Waals surface area contributed by atoms with Crippen molar-refractivity contribution in [2.24, 2.45) is 0 Å². The third-order valence-corrected chi connectivity index (χ3v) is 16.9. The highest BCUT2D eigenvalue weighted by atomic mass is 16.3. The van der Waals surface area contributed by atoms with E-state index in [2.05, 4.69) is 278 Å². The van der Waals surface area contributed by atoms with Crippen molar-refractivity contribution in [2.45, 2.75) is 80.1 Å². The van der Waals surface area contributed by atoms with Crippen LogP contribution < -0.4 is 26.2 Å². The molecule has 0 saturated carbocycles. The molecule has 0 aliphatic carbocycles. The Morgan fingerprint density at radius 3 is 1.61 bits per heavy atom. The van der Waals surface area contributed by atoms with Gasteiger partial charge in [-0.15, -0.1) is 0 Å². The zero-order valence-corrected chi connectivity index (χ0v) is 45.8. The lowest BCUT2D eigenvalue weighted by Gasteiger charge is -2.46. The van der Waals surface area contributed by atoms with Crippen LogP contribution in [0.3, 0.4) is 0 Å². The Balaban J connectivity index is 1.09. The first-order valence-electron chi connectivity index (χ1n) is 27.4. The fraction of sp³-hybridized carbons (Fsp3) is 0.167. The van der Waals surface area contributed by atoms with Gasteiger partial charge in [-0.3, -0.25) is 0 Å². The van der Waals surface area contributed by atoms with Crippen LogP contribution in [0.25, 0.3) is 71.7 Å².